The molecule has 0 bridgehead atoms. The molecule has 2 N–H and O–H groups in total. The van der Waals surface area contributed by atoms with Crippen LogP contribution in [0.25, 0.3) is 0 Å². The molecule has 7 heteroatoms. The molecule has 0 saturated carbocycles. The number of hydrogen-bond donors (Lipinski definition) is 2. The number of nitrogens with one attached hydrogen (secondary N) is 1. The lowest BCUT2D eigenvalue weighted by atomic mass is 9.99. The maximum Gasteiger partial charge on any atom is 0.326 e. The summed E-state index contributed by atoms with van der Waals surface area (Å²) in [4.78, 5) is 21.6. The second kappa shape index (κ2) is 4.82. The van der Waals surface area contributed by atoms with Gasteiger partial charge in [-0.3, -0.25) is 4.79 Å². The molecule has 92 valence electrons. The third-order valence-electron chi connectivity index (χ3n) is 2.57. The lowest BCUT2D eigenvalue weighted by molar-refractivity contribution is -0.142. The highest BCUT2D eigenvalue weighted by molar-refractivity contribution is 7.91. The van der Waals surface area contributed by atoms with Crippen LogP contribution in [-0.2, 0) is 19.4 Å². The average Bonchev–Trinajstić information content (AvgIpc) is 2.43. The van der Waals surface area contributed by atoms with Gasteiger partial charge in [0.15, 0.2) is 9.84 Å². The summed E-state index contributed by atoms with van der Waals surface area (Å²) in [5, 5.41) is 11.1. The van der Waals surface area contributed by atoms with E-state index in [2.05, 4.69) is 5.32 Å². The number of hydrogen-bond acceptors (Lipinski definition) is 4. The first-order valence-corrected chi connectivity index (χ1v) is 6.82. The molecule has 1 saturated heterocycles. The van der Waals surface area contributed by atoms with Gasteiger partial charge in [0.05, 0.1) is 11.5 Å². The number of amides is 1. The third kappa shape index (κ3) is 3.80. The van der Waals surface area contributed by atoms with Gasteiger partial charge in [0, 0.05) is 6.92 Å². The Morgan fingerprint density at radius 1 is 1.50 bits per heavy atom. The number of carbonyl (C=O) groups excluding carboxylic acids is 1. The lowest BCUT2D eigenvalue weighted by Gasteiger charge is -2.16. The van der Waals surface area contributed by atoms with E-state index in [4.69, 9.17) is 5.11 Å². The van der Waals surface area contributed by atoms with Crippen LogP contribution in [0.4, 0.5) is 0 Å². The number of aliphatic carboxylic acids is 1. The molecule has 0 radical (unpaired) electrons. The summed E-state index contributed by atoms with van der Waals surface area (Å²) in [7, 11) is -3.00. The fourth-order valence-corrected chi connectivity index (χ4v) is 3.74. The van der Waals surface area contributed by atoms with Gasteiger partial charge in [-0.05, 0) is 18.8 Å². The number of carboxylic acids is 1. The molecule has 1 rings (SSSR count). The van der Waals surface area contributed by atoms with Crippen molar-refractivity contribution in [1.29, 1.82) is 0 Å². The van der Waals surface area contributed by atoms with Crippen molar-refractivity contribution < 1.29 is 23.1 Å². The van der Waals surface area contributed by atoms with Crippen LogP contribution in [0, 0.1) is 5.92 Å². The standard InChI is InChI=1S/C9H15NO5S/c1-6(11)10-8(9(12)13)4-7-2-3-16(14,15)5-7/h7-8H,2-5H2,1H3,(H,10,11)(H,12,13). The monoisotopic (exact) mass is 249 g/mol. The van der Waals surface area contributed by atoms with Crippen LogP contribution in [0.5, 0.6) is 0 Å². The smallest absolute Gasteiger partial charge is 0.326 e. The first-order chi connectivity index (χ1) is 7.30. The molecular formula is C9H15NO5S. The first-order valence-electron chi connectivity index (χ1n) is 5.00. The zero-order valence-corrected chi connectivity index (χ0v) is 9.79. The summed E-state index contributed by atoms with van der Waals surface area (Å²) in [6.07, 6.45) is 0.653. The van der Waals surface area contributed by atoms with Crippen molar-refractivity contribution in [1.82, 2.24) is 5.32 Å². The van der Waals surface area contributed by atoms with Crippen molar-refractivity contribution in [2.75, 3.05) is 11.5 Å². The molecule has 1 aliphatic rings. The molecular weight excluding hydrogens is 234 g/mol. The minimum Gasteiger partial charge on any atom is -0.480 e. The Bertz CT molecular complexity index is 389. The number of carbonyl (C=O) groups is 2. The normalized spacial score (nSPS) is 24.9. The van der Waals surface area contributed by atoms with Crippen LogP contribution < -0.4 is 5.32 Å². The highest BCUT2D eigenvalue weighted by atomic mass is 32.2. The summed E-state index contributed by atoms with van der Waals surface area (Å²) >= 11 is 0. The van der Waals surface area contributed by atoms with Crippen LogP contribution in [0.15, 0.2) is 0 Å². The lowest BCUT2D eigenvalue weighted by Crippen LogP contribution is -2.41. The quantitative estimate of drug-likeness (QED) is 0.693. The highest BCUT2D eigenvalue weighted by Crippen LogP contribution is 2.22. The van der Waals surface area contributed by atoms with Gasteiger partial charge in [-0.25, -0.2) is 13.2 Å². The number of carboxylic acid groups (broad SMARTS) is 1. The molecule has 0 aromatic heterocycles. The third-order valence-corrected chi connectivity index (χ3v) is 4.41. The predicted molar refractivity (Wildman–Crippen MR) is 56.6 cm³/mol. The summed E-state index contributed by atoms with van der Waals surface area (Å²) < 4.78 is 22.4. The molecule has 16 heavy (non-hydrogen) atoms. The van der Waals surface area contributed by atoms with E-state index in [0.29, 0.717) is 6.42 Å². The average molecular weight is 249 g/mol. The summed E-state index contributed by atoms with van der Waals surface area (Å²) in [6, 6.07) is -0.990. The number of rotatable bonds is 4. The Balaban J connectivity index is 2.56. The van der Waals surface area contributed by atoms with Gasteiger partial charge in [-0.1, -0.05) is 0 Å². The largest absolute Gasteiger partial charge is 0.480 e. The Morgan fingerprint density at radius 3 is 2.50 bits per heavy atom. The second-order valence-electron chi connectivity index (χ2n) is 4.10. The molecule has 0 spiro atoms. The maximum absolute atomic E-state index is 11.2. The maximum atomic E-state index is 11.2. The highest BCUT2D eigenvalue weighted by Gasteiger charge is 2.32. The van der Waals surface area contributed by atoms with E-state index in [0.717, 1.165) is 0 Å². The molecule has 1 amide bonds. The molecule has 1 heterocycles. The molecule has 0 aromatic carbocycles. The van der Waals surface area contributed by atoms with Crippen molar-refractivity contribution in [3.8, 4) is 0 Å². The first kappa shape index (κ1) is 13.0. The van der Waals surface area contributed by atoms with Gasteiger partial charge in [-0.15, -0.1) is 0 Å². The van der Waals surface area contributed by atoms with Crippen LogP contribution in [0.2, 0.25) is 0 Å². The molecule has 1 fully saturated rings. The van der Waals surface area contributed by atoms with Crippen molar-refractivity contribution in [2.45, 2.75) is 25.8 Å². The van der Waals surface area contributed by atoms with E-state index in [1.54, 1.807) is 0 Å². The Labute approximate surface area is 93.9 Å². The van der Waals surface area contributed by atoms with Crippen molar-refractivity contribution in [2.24, 2.45) is 5.92 Å². The Hall–Kier alpha value is -1.11. The van der Waals surface area contributed by atoms with E-state index in [1.807, 2.05) is 0 Å². The topological polar surface area (TPSA) is 101 Å². The van der Waals surface area contributed by atoms with Crippen molar-refractivity contribution in [3.05, 3.63) is 0 Å². The summed E-state index contributed by atoms with van der Waals surface area (Å²) in [5.74, 6) is -1.58. The van der Waals surface area contributed by atoms with E-state index in [9.17, 15) is 18.0 Å². The Morgan fingerprint density at radius 2 is 2.12 bits per heavy atom. The molecule has 0 aliphatic carbocycles. The van der Waals surface area contributed by atoms with Crippen molar-refractivity contribution in [3.63, 3.8) is 0 Å². The zero-order chi connectivity index (χ0) is 12.3. The predicted octanol–water partition coefficient (Wildman–Crippen LogP) is -0.599. The van der Waals surface area contributed by atoms with E-state index >= 15 is 0 Å². The van der Waals surface area contributed by atoms with Gasteiger partial charge in [-0.2, -0.15) is 0 Å². The van der Waals surface area contributed by atoms with Gasteiger partial charge in [0.25, 0.3) is 0 Å². The Kier molecular flexibility index (Phi) is 3.90. The van der Waals surface area contributed by atoms with E-state index < -0.39 is 27.8 Å². The van der Waals surface area contributed by atoms with Gasteiger partial charge in [0.1, 0.15) is 6.04 Å². The molecule has 6 nitrogen and oxygen atoms in total. The SMILES string of the molecule is CC(=O)NC(CC1CCS(=O)(=O)C1)C(=O)O. The van der Waals surface area contributed by atoms with Gasteiger partial charge < -0.3 is 10.4 Å². The van der Waals surface area contributed by atoms with E-state index in [1.165, 1.54) is 6.92 Å². The summed E-state index contributed by atoms with van der Waals surface area (Å²) in [6.45, 7) is 1.24. The van der Waals surface area contributed by atoms with Crippen LogP contribution in [-0.4, -0.2) is 42.9 Å². The van der Waals surface area contributed by atoms with Crippen molar-refractivity contribution >= 4 is 21.7 Å². The molecule has 0 aromatic rings. The number of sulfone groups is 1. The second-order valence-corrected chi connectivity index (χ2v) is 6.32. The van der Waals surface area contributed by atoms with Gasteiger partial charge >= 0.3 is 5.97 Å². The van der Waals surface area contributed by atoms with Crippen LogP contribution in [0.1, 0.15) is 19.8 Å². The molecule has 1 aliphatic heterocycles. The van der Waals surface area contributed by atoms with E-state index in [-0.39, 0.29) is 23.8 Å². The fourth-order valence-electron chi connectivity index (χ4n) is 1.86. The van der Waals surface area contributed by atoms with Crippen LogP contribution in [0.3, 0.4) is 0 Å². The summed E-state index contributed by atoms with van der Waals surface area (Å²) in [5.41, 5.74) is 0. The van der Waals surface area contributed by atoms with Crippen LogP contribution >= 0.6 is 0 Å². The zero-order valence-electron chi connectivity index (χ0n) is 8.97. The van der Waals surface area contributed by atoms with Gasteiger partial charge in [0.2, 0.25) is 5.91 Å². The fraction of sp³-hybridized carbons (Fsp3) is 0.778. The molecule has 2 atom stereocenters. The minimum atomic E-state index is -3.00. The minimum absolute atomic E-state index is 0.0242. The molecule has 2 unspecified atom stereocenters.